The van der Waals surface area contributed by atoms with Gasteiger partial charge in [0.25, 0.3) is 0 Å². The van der Waals surface area contributed by atoms with Crippen LogP contribution in [-0.2, 0) is 0 Å². The maximum absolute atomic E-state index is 6.55. The van der Waals surface area contributed by atoms with Crippen LogP contribution in [-0.4, -0.2) is 18.6 Å². The number of hydrogen-bond donors (Lipinski definition) is 2. The predicted octanol–water partition coefficient (Wildman–Crippen LogP) is 5.72. The summed E-state index contributed by atoms with van der Waals surface area (Å²) < 4.78 is 0. The SMILES string of the molecule is CNCCC(c1cccc2ccccc12)c1c[nH]c2cccc(Cl)c12. The van der Waals surface area contributed by atoms with Crippen molar-refractivity contribution in [2.75, 3.05) is 13.6 Å². The molecule has 0 aliphatic rings. The zero-order valence-electron chi connectivity index (χ0n) is 14.2. The fraction of sp³-hybridized carbons (Fsp3) is 0.182. The van der Waals surface area contributed by atoms with Gasteiger partial charge in [-0.05, 0) is 54.0 Å². The van der Waals surface area contributed by atoms with Gasteiger partial charge < -0.3 is 10.3 Å². The van der Waals surface area contributed by atoms with Crippen molar-refractivity contribution in [1.29, 1.82) is 0 Å². The minimum atomic E-state index is 0.284. The van der Waals surface area contributed by atoms with Crippen molar-refractivity contribution >= 4 is 33.3 Å². The molecule has 3 aromatic carbocycles. The Balaban J connectivity index is 1.93. The molecule has 1 heterocycles. The Labute approximate surface area is 152 Å². The summed E-state index contributed by atoms with van der Waals surface area (Å²) in [4.78, 5) is 3.40. The van der Waals surface area contributed by atoms with Gasteiger partial charge in [-0.1, -0.05) is 60.1 Å². The Morgan fingerprint density at radius 1 is 0.960 bits per heavy atom. The van der Waals surface area contributed by atoms with Crippen LogP contribution in [0.5, 0.6) is 0 Å². The third-order valence-electron chi connectivity index (χ3n) is 4.94. The van der Waals surface area contributed by atoms with Crippen molar-refractivity contribution in [2.24, 2.45) is 0 Å². The van der Waals surface area contributed by atoms with E-state index in [-0.39, 0.29) is 5.92 Å². The first kappa shape index (κ1) is 16.2. The number of halogens is 1. The summed E-state index contributed by atoms with van der Waals surface area (Å²) in [6, 6.07) is 21.2. The van der Waals surface area contributed by atoms with Gasteiger partial charge in [-0.15, -0.1) is 0 Å². The molecule has 3 heteroatoms. The van der Waals surface area contributed by atoms with Gasteiger partial charge in [0.15, 0.2) is 0 Å². The maximum Gasteiger partial charge on any atom is 0.0502 e. The lowest BCUT2D eigenvalue weighted by atomic mass is 9.85. The first-order valence-electron chi connectivity index (χ1n) is 8.67. The summed E-state index contributed by atoms with van der Waals surface area (Å²) in [5.74, 6) is 0.284. The van der Waals surface area contributed by atoms with E-state index < -0.39 is 0 Å². The molecule has 0 saturated carbocycles. The van der Waals surface area contributed by atoms with Crippen molar-refractivity contribution in [1.82, 2.24) is 10.3 Å². The van der Waals surface area contributed by atoms with E-state index in [4.69, 9.17) is 11.6 Å². The third-order valence-corrected chi connectivity index (χ3v) is 5.26. The van der Waals surface area contributed by atoms with Crippen LogP contribution in [0.25, 0.3) is 21.7 Å². The summed E-state index contributed by atoms with van der Waals surface area (Å²) in [6.45, 7) is 0.949. The monoisotopic (exact) mass is 348 g/mol. The van der Waals surface area contributed by atoms with Gasteiger partial charge in [-0.3, -0.25) is 0 Å². The second kappa shape index (κ2) is 6.91. The summed E-state index contributed by atoms with van der Waals surface area (Å²) >= 11 is 6.55. The van der Waals surface area contributed by atoms with E-state index in [9.17, 15) is 0 Å². The molecule has 0 radical (unpaired) electrons. The van der Waals surface area contributed by atoms with Gasteiger partial charge in [0.2, 0.25) is 0 Å². The fourth-order valence-corrected chi connectivity index (χ4v) is 4.05. The molecule has 0 spiro atoms. The van der Waals surface area contributed by atoms with Crippen molar-refractivity contribution in [3.05, 3.63) is 83.0 Å². The van der Waals surface area contributed by atoms with Crippen molar-refractivity contribution in [3.63, 3.8) is 0 Å². The minimum Gasteiger partial charge on any atom is -0.361 e. The Kier molecular flexibility index (Phi) is 4.48. The largest absolute Gasteiger partial charge is 0.361 e. The number of hydrogen-bond acceptors (Lipinski definition) is 1. The summed E-state index contributed by atoms with van der Waals surface area (Å²) in [7, 11) is 2.00. The molecule has 0 aliphatic heterocycles. The lowest BCUT2D eigenvalue weighted by Gasteiger charge is -2.20. The molecule has 4 rings (SSSR count). The standard InChI is InChI=1S/C22H21ClN2/c1-24-13-12-18(17-9-4-7-15-6-2-3-8-16(15)17)19-14-25-21-11-5-10-20(23)22(19)21/h2-11,14,18,24-25H,12-13H2,1H3. The van der Waals surface area contributed by atoms with E-state index in [2.05, 4.69) is 65.0 Å². The molecule has 0 bridgehead atoms. The van der Waals surface area contributed by atoms with Crippen LogP contribution in [0, 0.1) is 0 Å². The highest BCUT2D eigenvalue weighted by atomic mass is 35.5. The van der Waals surface area contributed by atoms with E-state index in [0.717, 1.165) is 28.9 Å². The molecule has 1 unspecified atom stereocenters. The molecule has 0 fully saturated rings. The Morgan fingerprint density at radius 3 is 2.64 bits per heavy atom. The highest BCUT2D eigenvalue weighted by Gasteiger charge is 2.21. The summed E-state index contributed by atoms with van der Waals surface area (Å²) in [5, 5.41) is 7.83. The minimum absolute atomic E-state index is 0.284. The van der Waals surface area contributed by atoms with E-state index in [0.29, 0.717) is 0 Å². The normalized spacial score (nSPS) is 12.7. The second-order valence-corrected chi connectivity index (χ2v) is 6.83. The van der Waals surface area contributed by atoms with Gasteiger partial charge in [0.05, 0.1) is 5.02 Å². The van der Waals surface area contributed by atoms with E-state index in [1.807, 2.05) is 19.2 Å². The number of benzene rings is 3. The highest BCUT2D eigenvalue weighted by Crippen LogP contribution is 2.38. The molecule has 0 amide bonds. The zero-order valence-corrected chi connectivity index (χ0v) is 15.0. The number of aromatic amines is 1. The van der Waals surface area contributed by atoms with E-state index in [1.54, 1.807) is 0 Å². The van der Waals surface area contributed by atoms with Crippen molar-refractivity contribution in [3.8, 4) is 0 Å². The maximum atomic E-state index is 6.55. The molecular weight excluding hydrogens is 328 g/mol. The van der Waals surface area contributed by atoms with Crippen LogP contribution in [0.4, 0.5) is 0 Å². The number of fused-ring (bicyclic) bond motifs is 2. The quantitative estimate of drug-likeness (QED) is 0.474. The second-order valence-electron chi connectivity index (χ2n) is 6.42. The van der Waals surface area contributed by atoms with Crippen LogP contribution >= 0.6 is 11.6 Å². The molecule has 0 saturated heterocycles. The Morgan fingerprint density at radius 2 is 1.76 bits per heavy atom. The molecular formula is C22H21ClN2. The molecule has 1 atom stereocenters. The van der Waals surface area contributed by atoms with Gasteiger partial charge in [0, 0.05) is 23.0 Å². The first-order chi connectivity index (χ1) is 12.3. The topological polar surface area (TPSA) is 27.8 Å². The number of rotatable bonds is 5. The van der Waals surface area contributed by atoms with Crippen LogP contribution in [0.2, 0.25) is 5.02 Å². The zero-order chi connectivity index (χ0) is 17.2. The van der Waals surface area contributed by atoms with Gasteiger partial charge in [-0.25, -0.2) is 0 Å². The average molecular weight is 349 g/mol. The fourth-order valence-electron chi connectivity index (χ4n) is 3.76. The molecule has 126 valence electrons. The number of H-pyrrole nitrogens is 1. The molecule has 4 aromatic rings. The van der Waals surface area contributed by atoms with Gasteiger partial charge >= 0.3 is 0 Å². The van der Waals surface area contributed by atoms with E-state index in [1.165, 1.54) is 21.9 Å². The lowest BCUT2D eigenvalue weighted by Crippen LogP contribution is -2.13. The van der Waals surface area contributed by atoms with Crippen LogP contribution < -0.4 is 5.32 Å². The average Bonchev–Trinajstić information content (AvgIpc) is 3.08. The summed E-state index contributed by atoms with van der Waals surface area (Å²) in [6.07, 6.45) is 3.14. The lowest BCUT2D eigenvalue weighted by molar-refractivity contribution is 0.667. The highest BCUT2D eigenvalue weighted by molar-refractivity contribution is 6.35. The van der Waals surface area contributed by atoms with Gasteiger partial charge in [-0.2, -0.15) is 0 Å². The molecule has 0 aliphatic carbocycles. The summed E-state index contributed by atoms with van der Waals surface area (Å²) in [5.41, 5.74) is 3.72. The van der Waals surface area contributed by atoms with Crippen molar-refractivity contribution in [2.45, 2.75) is 12.3 Å². The molecule has 2 nitrogen and oxygen atoms in total. The first-order valence-corrected chi connectivity index (χ1v) is 9.05. The smallest absolute Gasteiger partial charge is 0.0502 e. The Bertz CT molecular complexity index is 1010. The Hall–Kier alpha value is -2.29. The molecule has 25 heavy (non-hydrogen) atoms. The molecule has 2 N–H and O–H groups in total. The number of aromatic nitrogens is 1. The van der Waals surface area contributed by atoms with Gasteiger partial charge in [0.1, 0.15) is 0 Å². The van der Waals surface area contributed by atoms with Crippen molar-refractivity contribution < 1.29 is 0 Å². The van der Waals surface area contributed by atoms with Crippen LogP contribution in [0.1, 0.15) is 23.5 Å². The van der Waals surface area contributed by atoms with Crippen LogP contribution in [0.3, 0.4) is 0 Å². The molecule has 1 aromatic heterocycles. The van der Waals surface area contributed by atoms with Crippen LogP contribution in [0.15, 0.2) is 66.9 Å². The predicted molar refractivity (Wildman–Crippen MR) is 108 cm³/mol. The number of nitrogens with one attached hydrogen (secondary N) is 2. The van der Waals surface area contributed by atoms with E-state index >= 15 is 0 Å². The third kappa shape index (κ3) is 2.92.